The average molecular weight is 215 g/mol. The van der Waals surface area contributed by atoms with Gasteiger partial charge in [0.05, 0.1) is 16.9 Å². The van der Waals surface area contributed by atoms with E-state index in [2.05, 4.69) is 4.98 Å². The second kappa shape index (κ2) is 4.94. The number of pyridine rings is 1. The molecule has 0 unspecified atom stereocenters. The zero-order valence-corrected chi connectivity index (χ0v) is 9.32. The number of nitrogens with zero attached hydrogens (tertiary/aromatic N) is 1. The number of hydrogen-bond donors (Lipinski definition) is 2. The van der Waals surface area contributed by atoms with Crippen LogP contribution in [0.4, 0.5) is 5.69 Å². The maximum atomic E-state index is 5.98. The summed E-state index contributed by atoms with van der Waals surface area (Å²) in [5.74, 6) is 0. The minimum Gasteiger partial charge on any atom is -0.397 e. The van der Waals surface area contributed by atoms with E-state index >= 15 is 0 Å². The molecule has 0 aliphatic rings. The second-order valence-electron chi connectivity index (χ2n) is 3.96. The molecular weight excluding hydrogens is 198 g/mol. The molecule has 0 saturated heterocycles. The van der Waals surface area contributed by atoms with Crippen LogP contribution in [-0.4, -0.2) is 11.5 Å². The standard InChI is InChI=1S/C13H17N3/c14-8-4-3-7-13-11(15)9-10-5-1-2-6-12(10)16-13/h1-2,5-6,9H,3-4,7-8,14-15H2. The zero-order chi connectivity index (χ0) is 11.4. The molecule has 3 nitrogen and oxygen atoms in total. The van der Waals surface area contributed by atoms with Crippen molar-refractivity contribution in [3.05, 3.63) is 36.0 Å². The van der Waals surface area contributed by atoms with Gasteiger partial charge >= 0.3 is 0 Å². The summed E-state index contributed by atoms with van der Waals surface area (Å²) in [5.41, 5.74) is 14.2. The molecule has 4 N–H and O–H groups in total. The highest BCUT2D eigenvalue weighted by Gasteiger charge is 2.03. The van der Waals surface area contributed by atoms with Crippen LogP contribution in [0.5, 0.6) is 0 Å². The number of aromatic nitrogens is 1. The fourth-order valence-corrected chi connectivity index (χ4v) is 1.81. The van der Waals surface area contributed by atoms with E-state index in [4.69, 9.17) is 11.5 Å². The number of unbranched alkanes of at least 4 members (excludes halogenated alkanes) is 1. The number of rotatable bonds is 4. The van der Waals surface area contributed by atoms with Gasteiger partial charge < -0.3 is 11.5 Å². The third-order valence-corrected chi connectivity index (χ3v) is 2.70. The molecule has 1 aromatic carbocycles. The van der Waals surface area contributed by atoms with Crippen LogP contribution < -0.4 is 11.5 Å². The molecule has 0 atom stereocenters. The maximum absolute atomic E-state index is 5.98. The van der Waals surface area contributed by atoms with Gasteiger partial charge in [0.1, 0.15) is 0 Å². The van der Waals surface area contributed by atoms with Gasteiger partial charge in [-0.2, -0.15) is 0 Å². The fourth-order valence-electron chi connectivity index (χ4n) is 1.81. The number of para-hydroxylation sites is 1. The first-order chi connectivity index (χ1) is 7.81. The number of anilines is 1. The SMILES string of the molecule is NCCCCc1nc2ccccc2cc1N. The number of nitrogens with two attached hydrogens (primary N) is 2. The monoisotopic (exact) mass is 215 g/mol. The van der Waals surface area contributed by atoms with Gasteiger partial charge in [0.2, 0.25) is 0 Å². The van der Waals surface area contributed by atoms with Crippen molar-refractivity contribution in [2.45, 2.75) is 19.3 Å². The Bertz CT molecular complexity index is 480. The quantitative estimate of drug-likeness (QED) is 0.768. The summed E-state index contributed by atoms with van der Waals surface area (Å²) in [6.45, 7) is 0.730. The Morgan fingerprint density at radius 3 is 2.75 bits per heavy atom. The number of nitrogen functional groups attached to an aromatic ring is 1. The Hall–Kier alpha value is -1.61. The van der Waals surface area contributed by atoms with Crippen molar-refractivity contribution < 1.29 is 0 Å². The van der Waals surface area contributed by atoms with Crippen molar-refractivity contribution >= 4 is 16.6 Å². The van der Waals surface area contributed by atoms with Crippen molar-refractivity contribution in [1.29, 1.82) is 0 Å². The van der Waals surface area contributed by atoms with Gasteiger partial charge in [-0.25, -0.2) is 0 Å². The minimum atomic E-state index is 0.730. The van der Waals surface area contributed by atoms with Crippen LogP contribution in [0.1, 0.15) is 18.5 Å². The van der Waals surface area contributed by atoms with Crippen molar-refractivity contribution in [3.63, 3.8) is 0 Å². The number of benzene rings is 1. The van der Waals surface area contributed by atoms with Crippen molar-refractivity contribution in [3.8, 4) is 0 Å². The van der Waals surface area contributed by atoms with Crippen LogP contribution in [-0.2, 0) is 6.42 Å². The third kappa shape index (κ3) is 2.31. The predicted molar refractivity (Wildman–Crippen MR) is 68.1 cm³/mol. The lowest BCUT2D eigenvalue weighted by Gasteiger charge is -2.06. The average Bonchev–Trinajstić information content (AvgIpc) is 2.30. The van der Waals surface area contributed by atoms with Crippen LogP contribution in [0.25, 0.3) is 10.9 Å². The van der Waals surface area contributed by atoms with Crippen LogP contribution in [0, 0.1) is 0 Å². The molecule has 84 valence electrons. The van der Waals surface area contributed by atoms with Crippen LogP contribution >= 0.6 is 0 Å². The largest absolute Gasteiger partial charge is 0.397 e. The summed E-state index contributed by atoms with van der Waals surface area (Å²) >= 11 is 0. The van der Waals surface area contributed by atoms with Crippen LogP contribution in [0.3, 0.4) is 0 Å². The van der Waals surface area contributed by atoms with Crippen molar-refractivity contribution in [2.24, 2.45) is 5.73 Å². The molecule has 2 rings (SSSR count). The zero-order valence-electron chi connectivity index (χ0n) is 9.32. The molecular formula is C13H17N3. The van der Waals surface area contributed by atoms with E-state index in [1.807, 2.05) is 30.3 Å². The van der Waals surface area contributed by atoms with Gasteiger partial charge in [-0.15, -0.1) is 0 Å². The van der Waals surface area contributed by atoms with Gasteiger partial charge in [-0.3, -0.25) is 4.98 Å². The molecule has 0 saturated carbocycles. The first kappa shape index (κ1) is 10.9. The van der Waals surface area contributed by atoms with Gasteiger partial charge in [0.15, 0.2) is 0 Å². The highest BCUT2D eigenvalue weighted by molar-refractivity contribution is 5.82. The Balaban J connectivity index is 2.27. The van der Waals surface area contributed by atoms with E-state index < -0.39 is 0 Å². The molecule has 1 aromatic heterocycles. The van der Waals surface area contributed by atoms with E-state index in [-0.39, 0.29) is 0 Å². The molecule has 0 spiro atoms. The molecule has 3 heteroatoms. The highest BCUT2D eigenvalue weighted by Crippen LogP contribution is 2.19. The fraction of sp³-hybridized carbons (Fsp3) is 0.308. The molecule has 0 amide bonds. The van der Waals surface area contributed by atoms with Crippen LogP contribution in [0.15, 0.2) is 30.3 Å². The summed E-state index contributed by atoms with van der Waals surface area (Å²) in [6, 6.07) is 10.0. The summed E-state index contributed by atoms with van der Waals surface area (Å²) in [6.07, 6.45) is 2.98. The summed E-state index contributed by atoms with van der Waals surface area (Å²) < 4.78 is 0. The predicted octanol–water partition coefficient (Wildman–Crippen LogP) is 2.10. The molecule has 0 aliphatic heterocycles. The minimum absolute atomic E-state index is 0.730. The highest BCUT2D eigenvalue weighted by atomic mass is 14.7. The molecule has 0 fully saturated rings. The van der Waals surface area contributed by atoms with E-state index in [1.54, 1.807) is 0 Å². The van der Waals surface area contributed by atoms with E-state index in [9.17, 15) is 0 Å². The van der Waals surface area contributed by atoms with Gasteiger partial charge in [0.25, 0.3) is 0 Å². The Kier molecular flexibility index (Phi) is 3.37. The molecule has 0 radical (unpaired) electrons. The van der Waals surface area contributed by atoms with Crippen molar-refractivity contribution in [2.75, 3.05) is 12.3 Å². The topological polar surface area (TPSA) is 64.9 Å². The van der Waals surface area contributed by atoms with E-state index in [1.165, 1.54) is 0 Å². The normalized spacial score (nSPS) is 10.8. The van der Waals surface area contributed by atoms with E-state index in [0.717, 1.165) is 48.1 Å². The van der Waals surface area contributed by atoms with Gasteiger partial charge in [-0.1, -0.05) is 18.2 Å². The summed E-state index contributed by atoms with van der Waals surface area (Å²) in [7, 11) is 0. The summed E-state index contributed by atoms with van der Waals surface area (Å²) in [4.78, 5) is 4.58. The Labute approximate surface area is 95.5 Å². The molecule has 1 heterocycles. The Morgan fingerprint density at radius 2 is 1.94 bits per heavy atom. The van der Waals surface area contributed by atoms with Gasteiger partial charge in [-0.05, 0) is 37.9 Å². The second-order valence-corrected chi connectivity index (χ2v) is 3.96. The number of aryl methyl sites for hydroxylation is 1. The van der Waals surface area contributed by atoms with Gasteiger partial charge in [0, 0.05) is 5.39 Å². The summed E-state index contributed by atoms with van der Waals surface area (Å²) in [5, 5.41) is 1.10. The third-order valence-electron chi connectivity index (χ3n) is 2.70. The smallest absolute Gasteiger partial charge is 0.0706 e. The van der Waals surface area contributed by atoms with Crippen molar-refractivity contribution in [1.82, 2.24) is 4.98 Å². The van der Waals surface area contributed by atoms with E-state index in [0.29, 0.717) is 0 Å². The lowest BCUT2D eigenvalue weighted by molar-refractivity contribution is 0.736. The Morgan fingerprint density at radius 1 is 1.12 bits per heavy atom. The first-order valence-electron chi connectivity index (χ1n) is 5.65. The number of fused-ring (bicyclic) bond motifs is 1. The molecule has 16 heavy (non-hydrogen) atoms. The number of hydrogen-bond acceptors (Lipinski definition) is 3. The molecule has 2 aromatic rings. The lowest BCUT2D eigenvalue weighted by Crippen LogP contribution is -2.02. The van der Waals surface area contributed by atoms with Crippen LogP contribution in [0.2, 0.25) is 0 Å². The first-order valence-corrected chi connectivity index (χ1v) is 5.65. The molecule has 0 bridgehead atoms. The molecule has 0 aliphatic carbocycles. The maximum Gasteiger partial charge on any atom is 0.0706 e. The lowest BCUT2D eigenvalue weighted by atomic mass is 10.1.